The molecule has 0 aromatic carbocycles. The first-order valence-corrected chi connectivity index (χ1v) is 11.9. The maximum Gasteiger partial charge on any atom is 0.320 e. The van der Waals surface area contributed by atoms with E-state index < -0.39 is 0 Å². The zero-order valence-corrected chi connectivity index (χ0v) is 20.7. The van der Waals surface area contributed by atoms with Gasteiger partial charge in [-0.2, -0.15) is 0 Å². The van der Waals surface area contributed by atoms with Crippen molar-refractivity contribution in [2.45, 2.75) is 103 Å². The monoisotopic (exact) mass is 437 g/mol. The molecule has 2 aliphatic heterocycles. The average molecular weight is 438 g/mol. The number of allylic oxidation sites excluding steroid dienone is 1. The van der Waals surface area contributed by atoms with Gasteiger partial charge in [0, 0.05) is 13.2 Å². The molecule has 178 valence electrons. The van der Waals surface area contributed by atoms with Gasteiger partial charge >= 0.3 is 5.97 Å². The molecule has 3 aliphatic rings. The molecule has 2 saturated heterocycles. The maximum atomic E-state index is 12.7. The second-order valence-electron chi connectivity index (χ2n) is 10.8. The van der Waals surface area contributed by atoms with E-state index in [1.807, 2.05) is 0 Å². The molecule has 0 unspecified atom stereocenters. The minimum absolute atomic E-state index is 0.0548. The Morgan fingerprint density at radius 1 is 1.23 bits per heavy atom. The molecule has 31 heavy (non-hydrogen) atoms. The number of epoxide rings is 2. The molecule has 1 N–H and O–H groups in total. The van der Waals surface area contributed by atoms with E-state index in [0.29, 0.717) is 11.8 Å². The summed E-state index contributed by atoms with van der Waals surface area (Å²) >= 11 is 0. The van der Waals surface area contributed by atoms with Crippen LogP contribution in [0, 0.1) is 17.8 Å². The van der Waals surface area contributed by atoms with Crippen LogP contribution in [0.25, 0.3) is 0 Å². The molecule has 0 radical (unpaired) electrons. The Morgan fingerprint density at radius 3 is 2.39 bits per heavy atom. The topological polar surface area (TPSA) is 72.6 Å². The Morgan fingerprint density at radius 2 is 1.87 bits per heavy atom. The van der Waals surface area contributed by atoms with Crippen molar-refractivity contribution in [2.24, 2.45) is 17.8 Å². The van der Waals surface area contributed by atoms with Gasteiger partial charge < -0.3 is 24.3 Å². The van der Waals surface area contributed by atoms with Gasteiger partial charge in [0.15, 0.2) is 0 Å². The average Bonchev–Trinajstić information content (AvgIpc) is 3.58. The lowest BCUT2D eigenvalue weighted by Gasteiger charge is -2.42. The molecule has 1 spiro atoms. The van der Waals surface area contributed by atoms with Gasteiger partial charge in [0.2, 0.25) is 0 Å². The smallest absolute Gasteiger partial charge is 0.320 e. The van der Waals surface area contributed by atoms with E-state index in [0.717, 1.165) is 25.9 Å². The molecule has 0 aromatic heterocycles. The number of hydrogen-bond acceptors (Lipinski definition) is 6. The first-order valence-electron chi connectivity index (χ1n) is 11.9. The van der Waals surface area contributed by atoms with Crippen LogP contribution in [-0.2, 0) is 23.7 Å². The van der Waals surface area contributed by atoms with E-state index in [1.165, 1.54) is 5.57 Å². The lowest BCUT2D eigenvalue weighted by Crippen LogP contribution is -2.56. The van der Waals surface area contributed by atoms with Gasteiger partial charge in [0.1, 0.15) is 23.4 Å². The molecule has 6 heteroatoms. The number of methoxy groups -OCH3 is 1. The molecule has 6 atom stereocenters. The minimum Gasteiger partial charge on any atom is -0.459 e. The van der Waals surface area contributed by atoms with Crippen LogP contribution in [0.1, 0.15) is 67.7 Å². The van der Waals surface area contributed by atoms with Crippen LogP contribution in [0.2, 0.25) is 0 Å². The van der Waals surface area contributed by atoms with E-state index in [9.17, 15) is 4.79 Å². The number of nitrogens with one attached hydrogen (secondary N) is 1. The number of esters is 1. The lowest BCUT2D eigenvalue weighted by molar-refractivity contribution is -0.171. The van der Waals surface area contributed by atoms with Crippen LogP contribution in [0.5, 0.6) is 0 Å². The fourth-order valence-corrected chi connectivity index (χ4v) is 5.72. The fraction of sp³-hybridized carbons (Fsp3) is 0.880. The molecule has 0 aromatic rings. The highest BCUT2D eigenvalue weighted by Gasteiger charge is 2.72. The molecule has 0 bridgehead atoms. The number of carbonyl (C=O) groups excluding carboxylic acids is 1. The first kappa shape index (κ1) is 24.7. The summed E-state index contributed by atoms with van der Waals surface area (Å²) in [6.45, 7) is 16.0. The number of hydrogen-bond donors (Lipinski definition) is 1. The minimum atomic E-state index is -0.313. The van der Waals surface area contributed by atoms with Crippen molar-refractivity contribution in [1.29, 1.82) is 0 Å². The summed E-state index contributed by atoms with van der Waals surface area (Å²) in [5.41, 5.74) is 0.784. The van der Waals surface area contributed by atoms with E-state index >= 15 is 0 Å². The standard InChI is InChI=1S/C25H43NO5/c1-15(2)9-10-19-24(7,31-19)23-22(28-8)18(11-12-25(23)14-29-25)30-20(27)13-26-21(16(3)4)17(5)6/h9,16-19,21-23,26H,10-14H2,1-8H3/t18-,19-,22-,23-,24-,25+/m1/s1. The van der Waals surface area contributed by atoms with Crippen LogP contribution in [0.3, 0.4) is 0 Å². The third-order valence-corrected chi connectivity index (χ3v) is 7.44. The Hall–Kier alpha value is -0.950. The van der Waals surface area contributed by atoms with Gasteiger partial charge in [-0.1, -0.05) is 39.3 Å². The van der Waals surface area contributed by atoms with E-state index in [2.05, 4.69) is 59.9 Å². The second kappa shape index (κ2) is 9.50. The molecule has 3 rings (SSSR count). The summed E-state index contributed by atoms with van der Waals surface area (Å²) in [5.74, 6) is 0.747. The molecule has 3 fully saturated rings. The van der Waals surface area contributed by atoms with Crippen molar-refractivity contribution < 1.29 is 23.7 Å². The van der Waals surface area contributed by atoms with Crippen molar-refractivity contribution in [1.82, 2.24) is 5.32 Å². The predicted molar refractivity (Wildman–Crippen MR) is 121 cm³/mol. The van der Waals surface area contributed by atoms with Gasteiger partial charge in [-0.25, -0.2) is 0 Å². The largest absolute Gasteiger partial charge is 0.459 e. The Labute approximate surface area is 188 Å². The maximum absolute atomic E-state index is 12.7. The highest BCUT2D eigenvalue weighted by Crippen LogP contribution is 2.59. The molecule has 0 amide bonds. The Balaban J connectivity index is 1.65. The summed E-state index contributed by atoms with van der Waals surface area (Å²) in [5, 5.41) is 3.39. The van der Waals surface area contributed by atoms with Crippen LogP contribution >= 0.6 is 0 Å². The van der Waals surface area contributed by atoms with Crippen molar-refractivity contribution in [3.63, 3.8) is 0 Å². The van der Waals surface area contributed by atoms with Crippen molar-refractivity contribution >= 4 is 5.97 Å². The zero-order valence-electron chi connectivity index (χ0n) is 20.7. The highest BCUT2D eigenvalue weighted by molar-refractivity contribution is 5.72. The molecule has 2 heterocycles. The highest BCUT2D eigenvalue weighted by atomic mass is 16.6. The SMILES string of the molecule is CO[C@@H]1[C@H](OC(=O)CNC(C(C)C)C(C)C)CC[C@]2(CO2)[C@H]1[C@]1(C)O[C@@H]1CC=C(C)C. The normalized spacial score (nSPS) is 36.9. The number of rotatable bonds is 10. The Bertz CT molecular complexity index is 659. The van der Waals surface area contributed by atoms with Crippen molar-refractivity contribution in [2.75, 3.05) is 20.3 Å². The molecule has 1 saturated carbocycles. The third kappa shape index (κ3) is 5.35. The molecular formula is C25H43NO5. The molecular weight excluding hydrogens is 394 g/mol. The van der Waals surface area contributed by atoms with Crippen LogP contribution in [-0.4, -0.2) is 61.8 Å². The summed E-state index contributed by atoms with van der Waals surface area (Å²) in [6.07, 6.45) is 4.39. The quantitative estimate of drug-likeness (QED) is 0.318. The van der Waals surface area contributed by atoms with Gasteiger partial charge in [-0.05, 0) is 51.9 Å². The van der Waals surface area contributed by atoms with Gasteiger partial charge in [-0.3, -0.25) is 4.79 Å². The fourth-order valence-electron chi connectivity index (χ4n) is 5.72. The van der Waals surface area contributed by atoms with Crippen LogP contribution < -0.4 is 5.32 Å². The summed E-state index contributed by atoms with van der Waals surface area (Å²) in [7, 11) is 1.71. The van der Waals surface area contributed by atoms with Crippen LogP contribution in [0.4, 0.5) is 0 Å². The van der Waals surface area contributed by atoms with Crippen molar-refractivity contribution in [3.8, 4) is 0 Å². The van der Waals surface area contributed by atoms with Crippen LogP contribution in [0.15, 0.2) is 11.6 Å². The number of carbonyl (C=O) groups is 1. The lowest BCUT2D eigenvalue weighted by atomic mass is 9.68. The predicted octanol–water partition coefficient (Wildman–Crippen LogP) is 3.88. The molecule has 1 aliphatic carbocycles. The van der Waals surface area contributed by atoms with Gasteiger partial charge in [0.25, 0.3) is 0 Å². The van der Waals surface area contributed by atoms with Crippen molar-refractivity contribution in [3.05, 3.63) is 11.6 Å². The van der Waals surface area contributed by atoms with E-state index in [4.69, 9.17) is 18.9 Å². The zero-order chi connectivity index (χ0) is 23.0. The van der Waals surface area contributed by atoms with Gasteiger partial charge in [0.05, 0.1) is 25.2 Å². The van der Waals surface area contributed by atoms with E-state index in [-0.39, 0.29) is 54.0 Å². The summed E-state index contributed by atoms with van der Waals surface area (Å²) in [4.78, 5) is 12.7. The van der Waals surface area contributed by atoms with Gasteiger partial charge in [-0.15, -0.1) is 0 Å². The third-order valence-electron chi connectivity index (χ3n) is 7.44. The van der Waals surface area contributed by atoms with E-state index in [1.54, 1.807) is 7.11 Å². The molecule has 6 nitrogen and oxygen atoms in total. The summed E-state index contributed by atoms with van der Waals surface area (Å²) in [6, 6.07) is 0.280. The Kier molecular flexibility index (Phi) is 7.57. The number of ether oxygens (including phenoxy) is 4. The summed E-state index contributed by atoms with van der Waals surface area (Å²) < 4.78 is 24.1. The second-order valence-corrected chi connectivity index (χ2v) is 10.8. The first-order chi connectivity index (χ1) is 14.5.